The van der Waals surface area contributed by atoms with Gasteiger partial charge in [-0.1, -0.05) is 18.2 Å². The van der Waals surface area contributed by atoms with Gasteiger partial charge in [0.25, 0.3) is 0 Å². The molecule has 0 fully saturated rings. The quantitative estimate of drug-likeness (QED) is 0.651. The highest BCUT2D eigenvalue weighted by molar-refractivity contribution is 6.18. The number of amides is 1. The van der Waals surface area contributed by atoms with E-state index in [0.29, 0.717) is 5.88 Å². The summed E-state index contributed by atoms with van der Waals surface area (Å²) in [6.45, 7) is 2.31. The van der Waals surface area contributed by atoms with Crippen molar-refractivity contribution in [3.05, 3.63) is 29.8 Å². The molecular formula is C11H12ClNO. The number of alkyl halides is 1. The molecule has 1 aromatic carbocycles. The third-order valence-corrected chi connectivity index (χ3v) is 3.01. The Kier molecular flexibility index (Phi) is 2.46. The van der Waals surface area contributed by atoms with Crippen LogP contribution in [0.15, 0.2) is 24.3 Å². The van der Waals surface area contributed by atoms with Crippen molar-refractivity contribution in [3.8, 4) is 0 Å². The highest BCUT2D eigenvalue weighted by Crippen LogP contribution is 2.36. The van der Waals surface area contributed by atoms with Crippen molar-refractivity contribution in [2.24, 2.45) is 0 Å². The van der Waals surface area contributed by atoms with Crippen LogP contribution in [0.25, 0.3) is 0 Å². The zero-order chi connectivity index (χ0) is 10.1. The number of fused-ring (bicyclic) bond motifs is 1. The molecule has 1 atom stereocenters. The third kappa shape index (κ3) is 1.40. The lowest BCUT2D eigenvalue weighted by molar-refractivity contribution is -0.116. The van der Waals surface area contributed by atoms with Crippen LogP contribution in [0.4, 0.5) is 5.69 Å². The molecule has 0 aliphatic carbocycles. The van der Waals surface area contributed by atoms with Crippen molar-refractivity contribution in [2.75, 3.05) is 17.3 Å². The van der Waals surface area contributed by atoms with Crippen LogP contribution in [0.2, 0.25) is 0 Å². The molecule has 2 nitrogen and oxygen atoms in total. The molecule has 74 valence electrons. The van der Waals surface area contributed by atoms with E-state index in [9.17, 15) is 4.79 Å². The lowest BCUT2D eigenvalue weighted by Crippen LogP contribution is -2.27. The van der Waals surface area contributed by atoms with E-state index < -0.39 is 0 Å². The first-order valence-corrected chi connectivity index (χ1v) is 5.20. The number of carbonyl (C=O) groups is 1. The number of para-hydroxylation sites is 1. The van der Waals surface area contributed by atoms with Crippen LogP contribution in [0.5, 0.6) is 0 Å². The Labute approximate surface area is 88.5 Å². The van der Waals surface area contributed by atoms with E-state index in [4.69, 9.17) is 11.6 Å². The molecule has 0 N–H and O–H groups in total. The number of nitrogens with zero attached hydrogens (tertiary/aromatic N) is 1. The van der Waals surface area contributed by atoms with Crippen molar-refractivity contribution >= 4 is 23.2 Å². The van der Waals surface area contributed by atoms with Crippen LogP contribution in [-0.2, 0) is 4.79 Å². The van der Waals surface area contributed by atoms with E-state index >= 15 is 0 Å². The number of anilines is 1. The van der Waals surface area contributed by atoms with Gasteiger partial charge in [-0.15, -0.1) is 11.6 Å². The van der Waals surface area contributed by atoms with Crippen LogP contribution in [0.1, 0.15) is 18.4 Å². The maximum atomic E-state index is 11.4. The van der Waals surface area contributed by atoms with E-state index in [1.165, 1.54) is 5.56 Å². The Morgan fingerprint density at radius 3 is 2.93 bits per heavy atom. The molecular weight excluding hydrogens is 198 g/mol. The van der Waals surface area contributed by atoms with Crippen LogP contribution in [-0.4, -0.2) is 18.3 Å². The second kappa shape index (κ2) is 3.62. The van der Waals surface area contributed by atoms with Gasteiger partial charge in [-0.3, -0.25) is 4.79 Å². The number of benzene rings is 1. The fraction of sp³-hybridized carbons (Fsp3) is 0.364. The number of carbonyl (C=O) groups excluding carboxylic acids is 1. The highest BCUT2D eigenvalue weighted by atomic mass is 35.5. The Hall–Kier alpha value is -1.02. The van der Waals surface area contributed by atoms with Gasteiger partial charge in [-0.2, -0.15) is 0 Å². The summed E-state index contributed by atoms with van der Waals surface area (Å²) in [6, 6.07) is 7.96. The minimum absolute atomic E-state index is 0.0880. The summed E-state index contributed by atoms with van der Waals surface area (Å²) in [4.78, 5) is 13.1. The van der Waals surface area contributed by atoms with Crippen molar-refractivity contribution in [1.29, 1.82) is 0 Å². The molecule has 14 heavy (non-hydrogen) atoms. The average Bonchev–Trinajstić information content (AvgIpc) is 2.56. The summed E-state index contributed by atoms with van der Waals surface area (Å²) in [5.41, 5.74) is 2.21. The summed E-state index contributed by atoms with van der Waals surface area (Å²) in [5.74, 6) is 0.947. The molecule has 1 heterocycles. The van der Waals surface area contributed by atoms with Crippen molar-refractivity contribution in [2.45, 2.75) is 12.8 Å². The number of hydrogen-bond acceptors (Lipinski definition) is 1. The molecule has 1 unspecified atom stereocenters. The van der Waals surface area contributed by atoms with E-state index in [1.807, 2.05) is 24.3 Å². The van der Waals surface area contributed by atoms with Crippen LogP contribution in [0, 0.1) is 0 Å². The largest absolute Gasteiger partial charge is 0.312 e. The molecule has 1 aromatic rings. The zero-order valence-corrected chi connectivity index (χ0v) is 8.79. The molecule has 0 bridgehead atoms. The van der Waals surface area contributed by atoms with Gasteiger partial charge >= 0.3 is 0 Å². The standard InChI is InChI=1S/C11H12ClNO/c1-8(14)13-7-9(6-12)10-4-2-3-5-11(10)13/h2-5,9H,6-7H2,1H3. The van der Waals surface area contributed by atoms with Crippen molar-refractivity contribution in [1.82, 2.24) is 0 Å². The average molecular weight is 210 g/mol. The predicted molar refractivity (Wildman–Crippen MR) is 57.9 cm³/mol. The fourth-order valence-electron chi connectivity index (χ4n) is 1.93. The van der Waals surface area contributed by atoms with Gasteiger partial charge in [0, 0.05) is 31.0 Å². The van der Waals surface area contributed by atoms with Crippen molar-refractivity contribution in [3.63, 3.8) is 0 Å². The van der Waals surface area contributed by atoms with Gasteiger partial charge in [0.15, 0.2) is 0 Å². The van der Waals surface area contributed by atoms with E-state index in [-0.39, 0.29) is 11.8 Å². The summed E-state index contributed by atoms with van der Waals surface area (Å²) in [6.07, 6.45) is 0. The Bertz CT molecular complexity index is 364. The molecule has 0 spiro atoms. The first-order valence-electron chi connectivity index (χ1n) is 4.67. The molecule has 0 saturated carbocycles. The minimum Gasteiger partial charge on any atom is -0.312 e. The van der Waals surface area contributed by atoms with Crippen LogP contribution >= 0.6 is 11.6 Å². The Balaban J connectivity index is 2.43. The summed E-state index contributed by atoms with van der Waals surface area (Å²) >= 11 is 5.87. The van der Waals surface area contributed by atoms with Gasteiger partial charge in [-0.05, 0) is 11.6 Å². The second-order valence-corrected chi connectivity index (χ2v) is 3.85. The molecule has 3 heteroatoms. The summed E-state index contributed by atoms with van der Waals surface area (Å²) in [5, 5.41) is 0. The number of hydrogen-bond donors (Lipinski definition) is 0. The monoisotopic (exact) mass is 209 g/mol. The molecule has 2 rings (SSSR count). The number of halogens is 1. The first-order chi connectivity index (χ1) is 6.74. The fourth-order valence-corrected chi connectivity index (χ4v) is 2.19. The van der Waals surface area contributed by atoms with Crippen LogP contribution < -0.4 is 4.90 Å². The molecule has 1 amide bonds. The normalized spacial score (nSPS) is 19.6. The molecule has 1 aliphatic rings. The van der Waals surface area contributed by atoms with E-state index in [0.717, 1.165) is 12.2 Å². The summed E-state index contributed by atoms with van der Waals surface area (Å²) < 4.78 is 0. The third-order valence-electron chi connectivity index (χ3n) is 2.64. The smallest absolute Gasteiger partial charge is 0.223 e. The lowest BCUT2D eigenvalue weighted by atomic mass is 10.0. The molecule has 1 aliphatic heterocycles. The predicted octanol–water partition coefficient (Wildman–Crippen LogP) is 2.38. The number of rotatable bonds is 1. The van der Waals surface area contributed by atoms with E-state index in [2.05, 4.69) is 0 Å². The van der Waals surface area contributed by atoms with Crippen LogP contribution in [0.3, 0.4) is 0 Å². The zero-order valence-electron chi connectivity index (χ0n) is 8.03. The van der Waals surface area contributed by atoms with Gasteiger partial charge in [0.2, 0.25) is 5.91 Å². The van der Waals surface area contributed by atoms with Gasteiger partial charge in [0.05, 0.1) is 0 Å². The Morgan fingerprint density at radius 1 is 1.57 bits per heavy atom. The molecule has 0 aromatic heterocycles. The maximum Gasteiger partial charge on any atom is 0.223 e. The van der Waals surface area contributed by atoms with Gasteiger partial charge < -0.3 is 4.90 Å². The highest BCUT2D eigenvalue weighted by Gasteiger charge is 2.29. The van der Waals surface area contributed by atoms with Gasteiger partial charge in [-0.25, -0.2) is 0 Å². The first kappa shape index (κ1) is 9.53. The lowest BCUT2D eigenvalue weighted by Gasteiger charge is -2.14. The Morgan fingerprint density at radius 2 is 2.29 bits per heavy atom. The SMILES string of the molecule is CC(=O)N1CC(CCl)c2ccccc21. The van der Waals surface area contributed by atoms with Gasteiger partial charge in [0.1, 0.15) is 0 Å². The van der Waals surface area contributed by atoms with Crippen molar-refractivity contribution < 1.29 is 4.79 Å². The molecule has 0 radical (unpaired) electrons. The topological polar surface area (TPSA) is 20.3 Å². The maximum absolute atomic E-state index is 11.4. The molecule has 0 saturated heterocycles. The van der Waals surface area contributed by atoms with E-state index in [1.54, 1.807) is 11.8 Å². The second-order valence-electron chi connectivity index (χ2n) is 3.54. The summed E-state index contributed by atoms with van der Waals surface area (Å²) in [7, 11) is 0. The minimum atomic E-state index is 0.0880.